The number of carbonyl (C=O) groups is 1. The standard InChI is InChI=1S/C14H21NO2/c1-10(2)15-13(16)14(3,4)11-8-6-7-9-12(11)17-5/h6-10H,1-5H3,(H,15,16). The molecule has 1 N–H and O–H groups in total. The summed E-state index contributed by atoms with van der Waals surface area (Å²) in [6, 6.07) is 7.76. The number of nitrogens with one attached hydrogen (secondary N) is 1. The van der Waals surface area contributed by atoms with E-state index in [1.54, 1.807) is 7.11 Å². The topological polar surface area (TPSA) is 38.3 Å². The molecule has 0 aliphatic rings. The van der Waals surface area contributed by atoms with Crippen LogP contribution in [-0.2, 0) is 10.2 Å². The first-order valence-corrected chi connectivity index (χ1v) is 5.84. The number of carbonyl (C=O) groups excluding carboxylic acids is 1. The number of hydrogen-bond acceptors (Lipinski definition) is 2. The Balaban J connectivity index is 3.07. The number of rotatable bonds is 4. The van der Waals surface area contributed by atoms with Gasteiger partial charge in [0.05, 0.1) is 12.5 Å². The fraction of sp³-hybridized carbons (Fsp3) is 0.500. The third-order valence-corrected chi connectivity index (χ3v) is 2.77. The molecule has 3 heteroatoms. The molecule has 1 aromatic rings. The molecule has 3 nitrogen and oxygen atoms in total. The Morgan fingerprint density at radius 3 is 2.41 bits per heavy atom. The molecular weight excluding hydrogens is 214 g/mol. The van der Waals surface area contributed by atoms with Gasteiger partial charge in [0.25, 0.3) is 0 Å². The number of ether oxygens (including phenoxy) is 1. The van der Waals surface area contributed by atoms with Gasteiger partial charge in [0.2, 0.25) is 5.91 Å². The Hall–Kier alpha value is -1.51. The first kappa shape index (κ1) is 13.6. The summed E-state index contributed by atoms with van der Waals surface area (Å²) in [6.07, 6.45) is 0. The first-order chi connectivity index (χ1) is 7.89. The molecule has 0 aromatic heterocycles. The normalized spacial score (nSPS) is 11.4. The predicted molar refractivity (Wildman–Crippen MR) is 69.3 cm³/mol. The highest BCUT2D eigenvalue weighted by Gasteiger charge is 2.32. The number of hydrogen-bond donors (Lipinski definition) is 1. The maximum atomic E-state index is 12.2. The van der Waals surface area contributed by atoms with E-state index in [0.29, 0.717) is 0 Å². The molecule has 0 bridgehead atoms. The van der Waals surface area contributed by atoms with Gasteiger partial charge in [-0.25, -0.2) is 0 Å². The van der Waals surface area contributed by atoms with Gasteiger partial charge in [-0.3, -0.25) is 4.79 Å². The lowest BCUT2D eigenvalue weighted by molar-refractivity contribution is -0.126. The van der Waals surface area contributed by atoms with Crippen LogP contribution in [0.5, 0.6) is 5.75 Å². The highest BCUT2D eigenvalue weighted by molar-refractivity contribution is 5.88. The van der Waals surface area contributed by atoms with E-state index >= 15 is 0 Å². The van der Waals surface area contributed by atoms with Gasteiger partial charge in [-0.15, -0.1) is 0 Å². The predicted octanol–water partition coefficient (Wildman–Crippen LogP) is 2.50. The van der Waals surface area contributed by atoms with Crippen molar-refractivity contribution in [2.45, 2.75) is 39.2 Å². The van der Waals surface area contributed by atoms with Gasteiger partial charge >= 0.3 is 0 Å². The Bertz CT molecular complexity index is 397. The van der Waals surface area contributed by atoms with Crippen LogP contribution in [0.1, 0.15) is 33.3 Å². The second-order valence-electron chi connectivity index (χ2n) is 4.95. The Kier molecular flexibility index (Phi) is 4.16. The van der Waals surface area contributed by atoms with Crippen molar-refractivity contribution in [3.63, 3.8) is 0 Å². The van der Waals surface area contributed by atoms with Crippen molar-refractivity contribution >= 4 is 5.91 Å². The SMILES string of the molecule is COc1ccccc1C(C)(C)C(=O)NC(C)C. The molecule has 1 rings (SSSR count). The zero-order valence-electron chi connectivity index (χ0n) is 11.2. The lowest BCUT2D eigenvalue weighted by Gasteiger charge is -2.27. The Morgan fingerprint density at radius 2 is 1.88 bits per heavy atom. The molecule has 0 aliphatic heterocycles. The zero-order chi connectivity index (χ0) is 13.1. The minimum Gasteiger partial charge on any atom is -0.496 e. The summed E-state index contributed by atoms with van der Waals surface area (Å²) in [6.45, 7) is 7.72. The van der Waals surface area contributed by atoms with E-state index in [4.69, 9.17) is 4.74 Å². The quantitative estimate of drug-likeness (QED) is 0.870. The highest BCUT2D eigenvalue weighted by atomic mass is 16.5. The van der Waals surface area contributed by atoms with E-state index in [-0.39, 0.29) is 11.9 Å². The molecular formula is C14H21NO2. The van der Waals surface area contributed by atoms with Crippen LogP contribution in [0.3, 0.4) is 0 Å². The summed E-state index contributed by atoms with van der Waals surface area (Å²) in [5.41, 5.74) is 0.303. The monoisotopic (exact) mass is 235 g/mol. The molecule has 17 heavy (non-hydrogen) atoms. The van der Waals surface area contributed by atoms with Crippen molar-refractivity contribution in [3.05, 3.63) is 29.8 Å². The molecule has 0 saturated heterocycles. The van der Waals surface area contributed by atoms with Gasteiger partial charge in [0, 0.05) is 11.6 Å². The third kappa shape index (κ3) is 2.99. The maximum absolute atomic E-state index is 12.2. The average Bonchev–Trinajstić information content (AvgIpc) is 2.28. The largest absolute Gasteiger partial charge is 0.496 e. The third-order valence-electron chi connectivity index (χ3n) is 2.77. The summed E-state index contributed by atoms with van der Waals surface area (Å²) in [5, 5.41) is 2.94. The van der Waals surface area contributed by atoms with Crippen LogP contribution in [0.25, 0.3) is 0 Å². The molecule has 0 fully saturated rings. The lowest BCUT2D eigenvalue weighted by Crippen LogP contribution is -2.43. The van der Waals surface area contributed by atoms with E-state index in [1.807, 2.05) is 52.0 Å². The van der Waals surface area contributed by atoms with E-state index in [0.717, 1.165) is 11.3 Å². The summed E-state index contributed by atoms with van der Waals surface area (Å²) < 4.78 is 5.31. The van der Waals surface area contributed by atoms with E-state index in [2.05, 4.69) is 5.32 Å². The van der Waals surface area contributed by atoms with Crippen molar-refractivity contribution in [3.8, 4) is 5.75 Å². The van der Waals surface area contributed by atoms with Crippen LogP contribution in [0.15, 0.2) is 24.3 Å². The second-order valence-corrected chi connectivity index (χ2v) is 4.95. The smallest absolute Gasteiger partial charge is 0.230 e. The van der Waals surface area contributed by atoms with Crippen LogP contribution in [0.4, 0.5) is 0 Å². The second kappa shape index (κ2) is 5.21. The Labute approximate surface area is 103 Å². The van der Waals surface area contributed by atoms with Crippen LogP contribution in [-0.4, -0.2) is 19.1 Å². The van der Waals surface area contributed by atoms with Crippen molar-refractivity contribution in [1.82, 2.24) is 5.32 Å². The van der Waals surface area contributed by atoms with Crippen molar-refractivity contribution < 1.29 is 9.53 Å². The summed E-state index contributed by atoms with van der Waals surface area (Å²) in [4.78, 5) is 12.2. The molecule has 0 unspecified atom stereocenters. The van der Waals surface area contributed by atoms with Gasteiger partial charge in [-0.2, -0.15) is 0 Å². The van der Waals surface area contributed by atoms with Gasteiger partial charge in [-0.05, 0) is 33.8 Å². The minimum atomic E-state index is -0.600. The summed E-state index contributed by atoms with van der Waals surface area (Å²) in [7, 11) is 1.62. The molecule has 0 atom stereocenters. The van der Waals surface area contributed by atoms with Crippen molar-refractivity contribution in [1.29, 1.82) is 0 Å². The van der Waals surface area contributed by atoms with Crippen molar-refractivity contribution in [2.24, 2.45) is 0 Å². The average molecular weight is 235 g/mol. The number of para-hydroxylation sites is 1. The molecule has 94 valence electrons. The van der Waals surface area contributed by atoms with E-state index in [9.17, 15) is 4.79 Å². The van der Waals surface area contributed by atoms with E-state index < -0.39 is 5.41 Å². The number of methoxy groups -OCH3 is 1. The highest BCUT2D eigenvalue weighted by Crippen LogP contribution is 2.31. The number of amides is 1. The van der Waals surface area contributed by atoms with Crippen LogP contribution in [0.2, 0.25) is 0 Å². The fourth-order valence-corrected chi connectivity index (χ4v) is 1.73. The van der Waals surface area contributed by atoms with Gasteiger partial charge in [0.15, 0.2) is 0 Å². The molecule has 1 amide bonds. The molecule has 0 saturated carbocycles. The first-order valence-electron chi connectivity index (χ1n) is 5.84. The van der Waals surface area contributed by atoms with Crippen molar-refractivity contribution in [2.75, 3.05) is 7.11 Å². The number of benzene rings is 1. The molecule has 0 radical (unpaired) electrons. The van der Waals surface area contributed by atoms with Crippen LogP contribution < -0.4 is 10.1 Å². The lowest BCUT2D eigenvalue weighted by atomic mass is 9.83. The van der Waals surface area contributed by atoms with Crippen LogP contribution in [0, 0.1) is 0 Å². The molecule has 0 heterocycles. The summed E-state index contributed by atoms with van der Waals surface area (Å²) >= 11 is 0. The maximum Gasteiger partial charge on any atom is 0.230 e. The minimum absolute atomic E-state index is 0.0111. The zero-order valence-corrected chi connectivity index (χ0v) is 11.2. The van der Waals surface area contributed by atoms with Gasteiger partial charge in [0.1, 0.15) is 5.75 Å². The van der Waals surface area contributed by atoms with Gasteiger partial charge in [-0.1, -0.05) is 18.2 Å². The van der Waals surface area contributed by atoms with Crippen LogP contribution >= 0.6 is 0 Å². The molecule has 0 spiro atoms. The molecule has 0 aliphatic carbocycles. The fourth-order valence-electron chi connectivity index (χ4n) is 1.73. The van der Waals surface area contributed by atoms with E-state index in [1.165, 1.54) is 0 Å². The summed E-state index contributed by atoms with van der Waals surface area (Å²) in [5.74, 6) is 0.758. The molecule has 1 aromatic carbocycles. The van der Waals surface area contributed by atoms with Gasteiger partial charge < -0.3 is 10.1 Å². The Morgan fingerprint density at radius 1 is 1.29 bits per heavy atom.